The van der Waals surface area contributed by atoms with E-state index >= 15 is 0 Å². The number of aliphatic hydroxyl groups excluding tert-OH is 1. The fraction of sp³-hybridized carbons (Fsp3) is 0.400. The van der Waals surface area contributed by atoms with Crippen molar-refractivity contribution in [2.75, 3.05) is 13.2 Å². The second kappa shape index (κ2) is 7.02. The van der Waals surface area contributed by atoms with Gasteiger partial charge in [-0.25, -0.2) is 0 Å². The van der Waals surface area contributed by atoms with E-state index < -0.39 is 0 Å². The number of rotatable bonds is 6. The van der Waals surface area contributed by atoms with Crippen LogP contribution in [-0.4, -0.2) is 28.0 Å². The quantitative estimate of drug-likeness (QED) is 0.851. The number of nitrogens with one attached hydrogen (secondary N) is 1. The van der Waals surface area contributed by atoms with Crippen LogP contribution in [-0.2, 0) is 7.05 Å². The van der Waals surface area contributed by atoms with Gasteiger partial charge in [0.1, 0.15) is 0 Å². The number of halogens is 1. The predicted octanol–water partition coefficient (Wildman–Crippen LogP) is 2.61. The second-order valence-corrected chi connectivity index (χ2v) is 5.96. The van der Waals surface area contributed by atoms with Crippen LogP contribution in [0, 0.1) is 0 Å². The van der Waals surface area contributed by atoms with Crippen molar-refractivity contribution in [1.29, 1.82) is 0 Å². The highest BCUT2D eigenvalue weighted by Crippen LogP contribution is 2.20. The monoisotopic (exact) mass is 337 g/mol. The smallest absolute Gasteiger partial charge is 0.0627 e. The molecule has 1 aromatic carbocycles. The van der Waals surface area contributed by atoms with Gasteiger partial charge in [-0.2, -0.15) is 5.10 Å². The van der Waals surface area contributed by atoms with Gasteiger partial charge in [0.25, 0.3) is 0 Å². The van der Waals surface area contributed by atoms with Crippen molar-refractivity contribution in [2.24, 2.45) is 7.05 Å². The summed E-state index contributed by atoms with van der Waals surface area (Å²) >= 11 is 3.49. The van der Waals surface area contributed by atoms with Crippen molar-refractivity contribution < 1.29 is 5.11 Å². The Morgan fingerprint density at radius 2 is 2.20 bits per heavy atom. The summed E-state index contributed by atoms with van der Waals surface area (Å²) in [4.78, 5) is 0. The van der Waals surface area contributed by atoms with Gasteiger partial charge in [0.2, 0.25) is 0 Å². The summed E-state index contributed by atoms with van der Waals surface area (Å²) in [6.07, 6.45) is 3.72. The van der Waals surface area contributed by atoms with Crippen LogP contribution < -0.4 is 5.32 Å². The predicted molar refractivity (Wildman–Crippen MR) is 83.6 cm³/mol. The topological polar surface area (TPSA) is 50.1 Å². The van der Waals surface area contributed by atoms with Crippen molar-refractivity contribution in [3.8, 4) is 0 Å². The molecule has 0 radical (unpaired) electrons. The zero-order valence-corrected chi connectivity index (χ0v) is 13.3. The molecule has 20 heavy (non-hydrogen) atoms. The molecule has 2 rings (SSSR count). The van der Waals surface area contributed by atoms with E-state index in [1.807, 2.05) is 25.4 Å². The molecular formula is C15H20BrN3O. The fourth-order valence-electron chi connectivity index (χ4n) is 2.16. The molecule has 0 saturated carbocycles. The van der Waals surface area contributed by atoms with Crippen molar-refractivity contribution in [3.63, 3.8) is 0 Å². The lowest BCUT2D eigenvalue weighted by atomic mass is 10.0. The van der Waals surface area contributed by atoms with E-state index in [-0.39, 0.29) is 12.6 Å². The number of benzene rings is 1. The summed E-state index contributed by atoms with van der Waals surface area (Å²) < 4.78 is 2.84. The molecule has 5 heteroatoms. The fourth-order valence-corrected chi connectivity index (χ4v) is 2.57. The molecule has 1 heterocycles. The Balaban J connectivity index is 1.96. The zero-order chi connectivity index (χ0) is 14.5. The van der Waals surface area contributed by atoms with E-state index in [0.717, 1.165) is 16.6 Å². The van der Waals surface area contributed by atoms with E-state index in [0.29, 0.717) is 5.92 Å². The van der Waals surface area contributed by atoms with Gasteiger partial charge in [0.15, 0.2) is 0 Å². The molecule has 0 fully saturated rings. The molecule has 0 aliphatic carbocycles. The highest BCUT2D eigenvalue weighted by molar-refractivity contribution is 9.10. The molecule has 0 bridgehead atoms. The summed E-state index contributed by atoms with van der Waals surface area (Å²) in [5.41, 5.74) is 2.28. The first kappa shape index (κ1) is 15.2. The van der Waals surface area contributed by atoms with Crippen LogP contribution >= 0.6 is 15.9 Å². The number of aryl methyl sites for hydroxylation is 1. The number of aliphatic hydroxyl groups is 1. The van der Waals surface area contributed by atoms with Crippen LogP contribution in [0.4, 0.5) is 0 Å². The van der Waals surface area contributed by atoms with Gasteiger partial charge in [-0.3, -0.25) is 4.68 Å². The Bertz CT molecular complexity index is 556. The van der Waals surface area contributed by atoms with Gasteiger partial charge < -0.3 is 10.4 Å². The Labute approximate surface area is 127 Å². The molecule has 0 unspecified atom stereocenters. The number of nitrogens with zero attached hydrogens (tertiary/aromatic N) is 2. The van der Waals surface area contributed by atoms with Crippen LogP contribution in [0.1, 0.15) is 30.0 Å². The number of hydrogen-bond donors (Lipinski definition) is 2. The third-order valence-corrected chi connectivity index (χ3v) is 3.89. The number of hydrogen-bond acceptors (Lipinski definition) is 3. The summed E-state index contributed by atoms with van der Waals surface area (Å²) in [6, 6.07) is 8.24. The lowest BCUT2D eigenvalue weighted by Crippen LogP contribution is -2.27. The zero-order valence-electron chi connectivity index (χ0n) is 11.8. The summed E-state index contributed by atoms with van der Waals surface area (Å²) in [5.74, 6) is 0.373. The van der Waals surface area contributed by atoms with Crippen molar-refractivity contribution in [3.05, 3.63) is 52.3 Å². The van der Waals surface area contributed by atoms with Crippen LogP contribution in [0.2, 0.25) is 0 Å². The molecule has 0 spiro atoms. The third-order valence-electron chi connectivity index (χ3n) is 3.40. The van der Waals surface area contributed by atoms with Gasteiger partial charge in [0, 0.05) is 29.8 Å². The van der Waals surface area contributed by atoms with Gasteiger partial charge in [0.05, 0.1) is 18.8 Å². The van der Waals surface area contributed by atoms with Crippen LogP contribution in [0.25, 0.3) is 0 Å². The molecule has 2 atom stereocenters. The maximum atomic E-state index is 9.51. The maximum absolute atomic E-state index is 9.51. The lowest BCUT2D eigenvalue weighted by Gasteiger charge is -2.19. The van der Waals surface area contributed by atoms with Gasteiger partial charge >= 0.3 is 0 Å². The van der Waals surface area contributed by atoms with Crippen molar-refractivity contribution >= 4 is 15.9 Å². The minimum Gasteiger partial charge on any atom is -0.394 e. The highest BCUT2D eigenvalue weighted by Gasteiger charge is 2.14. The van der Waals surface area contributed by atoms with Gasteiger partial charge in [-0.15, -0.1) is 0 Å². The maximum Gasteiger partial charge on any atom is 0.0627 e. The Kier molecular flexibility index (Phi) is 5.34. The van der Waals surface area contributed by atoms with Crippen LogP contribution in [0.15, 0.2) is 41.1 Å². The molecule has 2 N–H and O–H groups in total. The Morgan fingerprint density at radius 3 is 2.80 bits per heavy atom. The van der Waals surface area contributed by atoms with Gasteiger partial charge in [-0.05, 0) is 23.6 Å². The molecule has 1 aromatic heterocycles. The molecule has 0 aliphatic heterocycles. The average Bonchev–Trinajstić information content (AvgIpc) is 2.86. The normalized spacial score (nSPS) is 14.2. The van der Waals surface area contributed by atoms with Crippen LogP contribution in [0.3, 0.4) is 0 Å². The first-order valence-corrected chi connectivity index (χ1v) is 7.47. The summed E-state index contributed by atoms with van der Waals surface area (Å²) in [6.45, 7) is 3.04. The lowest BCUT2D eigenvalue weighted by molar-refractivity contribution is 0.243. The van der Waals surface area contributed by atoms with E-state index in [1.54, 1.807) is 10.9 Å². The molecule has 4 nitrogen and oxygen atoms in total. The minimum absolute atomic E-state index is 0.0664. The second-order valence-electron chi connectivity index (χ2n) is 5.05. The van der Waals surface area contributed by atoms with Crippen molar-refractivity contribution in [1.82, 2.24) is 15.1 Å². The van der Waals surface area contributed by atoms with E-state index in [9.17, 15) is 5.11 Å². The molecule has 2 aromatic rings. The average molecular weight is 338 g/mol. The standard InChI is InChI=1S/C15H20BrN3O/c1-11(12-4-3-5-14(16)6-12)7-17-15(10-20)13-8-18-19(2)9-13/h3-6,8-9,11,15,17,20H,7,10H2,1-2H3/t11-,15+/m1/s1. The van der Waals surface area contributed by atoms with Gasteiger partial charge in [-0.1, -0.05) is 35.0 Å². The molecule has 0 amide bonds. The van der Waals surface area contributed by atoms with E-state index in [2.05, 4.69) is 45.4 Å². The third kappa shape index (κ3) is 3.91. The Morgan fingerprint density at radius 1 is 1.40 bits per heavy atom. The summed E-state index contributed by atoms with van der Waals surface area (Å²) in [5, 5.41) is 17.0. The number of aromatic nitrogens is 2. The SMILES string of the molecule is C[C@H](CN[C@@H](CO)c1cnn(C)c1)c1cccc(Br)c1. The first-order valence-electron chi connectivity index (χ1n) is 6.68. The van der Waals surface area contributed by atoms with E-state index in [1.165, 1.54) is 5.56 Å². The largest absolute Gasteiger partial charge is 0.394 e. The molecule has 0 aliphatic rings. The first-order chi connectivity index (χ1) is 9.60. The summed E-state index contributed by atoms with van der Waals surface area (Å²) in [7, 11) is 1.88. The molecular weight excluding hydrogens is 318 g/mol. The highest BCUT2D eigenvalue weighted by atomic mass is 79.9. The Hall–Kier alpha value is -1.17. The van der Waals surface area contributed by atoms with E-state index in [4.69, 9.17) is 0 Å². The molecule has 108 valence electrons. The van der Waals surface area contributed by atoms with Crippen molar-refractivity contribution in [2.45, 2.75) is 18.9 Å². The van der Waals surface area contributed by atoms with Crippen LogP contribution in [0.5, 0.6) is 0 Å². The molecule has 0 saturated heterocycles. The minimum atomic E-state index is -0.0710.